The fraction of sp³-hybridized carbons (Fsp3) is 0.944. The number of aliphatic hydroxyl groups is 1. The average Bonchev–Trinajstić information content (AvgIpc) is 3.65. The van der Waals surface area contributed by atoms with Gasteiger partial charge in [-0.05, 0) is 43.4 Å². The van der Waals surface area contributed by atoms with Crippen molar-refractivity contribution in [3.8, 4) is 0 Å². The number of rotatable bonds is 69. The Labute approximate surface area is 549 Å². The molecule has 0 radical (unpaired) electrons. The molecule has 0 aromatic rings. The summed E-state index contributed by atoms with van der Waals surface area (Å²) in [7, 11) is -9.90. The minimum Gasteiger partial charge on any atom is -0.462 e. The summed E-state index contributed by atoms with van der Waals surface area (Å²) in [5, 5.41) is 10.6. The normalized spacial score (nSPS) is 14.5. The Kier molecular flexibility index (Phi) is 60.6. The van der Waals surface area contributed by atoms with Gasteiger partial charge in [-0.15, -0.1) is 0 Å². The molecule has 0 saturated carbocycles. The second-order valence-electron chi connectivity index (χ2n) is 26.8. The summed E-state index contributed by atoms with van der Waals surface area (Å²) >= 11 is 0. The van der Waals surface area contributed by atoms with E-state index in [4.69, 9.17) is 37.0 Å². The van der Waals surface area contributed by atoms with Gasteiger partial charge in [0.2, 0.25) is 0 Å². The highest BCUT2D eigenvalue weighted by molar-refractivity contribution is 7.47. The summed E-state index contributed by atoms with van der Waals surface area (Å²) in [6.45, 7) is 11.8. The summed E-state index contributed by atoms with van der Waals surface area (Å²) < 4.78 is 68.3. The van der Waals surface area contributed by atoms with E-state index in [2.05, 4.69) is 48.5 Å². The van der Waals surface area contributed by atoms with Crippen molar-refractivity contribution in [2.24, 2.45) is 17.8 Å². The molecule has 0 aromatic carbocycles. The summed E-state index contributed by atoms with van der Waals surface area (Å²) in [5.74, 6) is 0.142. The van der Waals surface area contributed by atoms with E-state index in [1.54, 1.807) is 0 Å². The molecule has 0 amide bonds. The Balaban J connectivity index is 5.26. The third-order valence-electron chi connectivity index (χ3n) is 16.7. The van der Waals surface area contributed by atoms with Crippen LogP contribution in [0.25, 0.3) is 0 Å². The van der Waals surface area contributed by atoms with Gasteiger partial charge in [0.25, 0.3) is 0 Å². The number of aliphatic hydroxyl groups excluding tert-OH is 1. The van der Waals surface area contributed by atoms with Gasteiger partial charge in [0, 0.05) is 25.7 Å². The van der Waals surface area contributed by atoms with Crippen LogP contribution in [0.3, 0.4) is 0 Å². The zero-order chi connectivity index (χ0) is 66.6. The SMILES string of the molecule is CCCCCCCCCCCCCCC(=O)O[C@H](COC(=O)CCCCCCCCC(C)CC)COP(=O)(O)OC[C@H](O)COP(=O)(O)OC[C@@H](COC(=O)CCCCCCCCCCCCC(C)C)OC(=O)CCCCCCCCCCCCCCC(C)C. The summed E-state index contributed by atoms with van der Waals surface area (Å²) in [5.41, 5.74) is 0. The van der Waals surface area contributed by atoms with Crippen LogP contribution in [0.5, 0.6) is 0 Å². The molecular weight excluding hydrogens is 1190 g/mol. The first-order valence-corrected chi connectivity index (χ1v) is 39.9. The maximum Gasteiger partial charge on any atom is 0.472 e. The quantitative estimate of drug-likeness (QED) is 0.0222. The van der Waals surface area contributed by atoms with Crippen LogP contribution in [-0.4, -0.2) is 96.7 Å². The molecule has 17 nitrogen and oxygen atoms in total. The van der Waals surface area contributed by atoms with E-state index in [0.717, 1.165) is 114 Å². The van der Waals surface area contributed by atoms with Crippen LogP contribution in [0.1, 0.15) is 357 Å². The van der Waals surface area contributed by atoms with Gasteiger partial charge in [0.15, 0.2) is 12.2 Å². The van der Waals surface area contributed by atoms with E-state index < -0.39 is 97.5 Å². The number of carbonyl (C=O) groups excluding carboxylic acids is 4. The number of phosphoric acid groups is 2. The van der Waals surface area contributed by atoms with E-state index in [-0.39, 0.29) is 25.7 Å². The number of hydrogen-bond donors (Lipinski definition) is 3. The van der Waals surface area contributed by atoms with Gasteiger partial charge in [0.1, 0.15) is 19.3 Å². The van der Waals surface area contributed by atoms with Gasteiger partial charge in [-0.25, -0.2) is 9.13 Å². The lowest BCUT2D eigenvalue weighted by molar-refractivity contribution is -0.161. The van der Waals surface area contributed by atoms with Crippen LogP contribution in [-0.2, 0) is 65.4 Å². The number of hydrogen-bond acceptors (Lipinski definition) is 15. The van der Waals surface area contributed by atoms with Crippen LogP contribution in [0, 0.1) is 17.8 Å². The Bertz CT molecular complexity index is 1770. The number of phosphoric ester groups is 2. The van der Waals surface area contributed by atoms with E-state index >= 15 is 0 Å². The van der Waals surface area contributed by atoms with Crippen LogP contribution in [0.2, 0.25) is 0 Å². The van der Waals surface area contributed by atoms with Crippen molar-refractivity contribution in [2.75, 3.05) is 39.6 Å². The highest BCUT2D eigenvalue weighted by Gasteiger charge is 2.30. The predicted octanol–water partition coefficient (Wildman–Crippen LogP) is 20.2. The molecule has 0 rings (SSSR count). The zero-order valence-corrected chi connectivity index (χ0v) is 60.4. The van der Waals surface area contributed by atoms with Crippen molar-refractivity contribution in [3.63, 3.8) is 0 Å². The molecule has 0 fully saturated rings. The fourth-order valence-electron chi connectivity index (χ4n) is 10.7. The van der Waals surface area contributed by atoms with Gasteiger partial charge in [-0.3, -0.25) is 37.3 Å². The Hall–Kier alpha value is -1.94. The fourth-order valence-corrected chi connectivity index (χ4v) is 12.3. The van der Waals surface area contributed by atoms with Gasteiger partial charge in [0.05, 0.1) is 26.4 Å². The maximum absolute atomic E-state index is 13.0. The van der Waals surface area contributed by atoms with Crippen molar-refractivity contribution in [1.82, 2.24) is 0 Å². The standard InChI is InChI=1S/C71H138O17P2/c1-8-10-11-12-13-14-15-19-26-31-40-47-54-70(75)88-67(59-82-69(74)53-46-39-34-33-37-44-51-64(7)9-2)61-86-90(79,80)84-57-65(72)56-83-89(77,78)85-60-66(58-81-68(73)52-45-38-30-25-22-21-24-29-36-43-50-63(5)6)87-71(76)55-48-41-32-27-20-17-16-18-23-28-35-42-49-62(3)4/h62-67,72H,8-61H2,1-7H3,(H,77,78)(H,79,80)/t64?,65-,66-,67-/m1/s1. The number of ether oxygens (including phenoxy) is 4. The van der Waals surface area contributed by atoms with Crippen molar-refractivity contribution < 1.29 is 80.2 Å². The van der Waals surface area contributed by atoms with Gasteiger partial charge >= 0.3 is 39.5 Å². The maximum atomic E-state index is 13.0. The Morgan fingerprint density at radius 1 is 0.322 bits per heavy atom. The molecule has 3 unspecified atom stereocenters. The Morgan fingerprint density at radius 3 is 0.844 bits per heavy atom. The lowest BCUT2D eigenvalue weighted by Crippen LogP contribution is -2.30. The number of esters is 4. The first kappa shape index (κ1) is 88.1. The highest BCUT2D eigenvalue weighted by atomic mass is 31.2. The molecule has 0 heterocycles. The van der Waals surface area contributed by atoms with Gasteiger partial charge < -0.3 is 33.8 Å². The molecule has 19 heteroatoms. The molecule has 3 N–H and O–H groups in total. The zero-order valence-electron chi connectivity index (χ0n) is 58.6. The molecule has 0 aliphatic rings. The van der Waals surface area contributed by atoms with E-state index in [1.807, 2.05) is 0 Å². The molecule has 0 aliphatic heterocycles. The van der Waals surface area contributed by atoms with Crippen molar-refractivity contribution in [3.05, 3.63) is 0 Å². The first-order valence-electron chi connectivity index (χ1n) is 36.9. The third-order valence-corrected chi connectivity index (χ3v) is 18.6. The van der Waals surface area contributed by atoms with E-state index in [0.29, 0.717) is 25.7 Å². The molecule has 534 valence electrons. The van der Waals surface area contributed by atoms with Crippen LogP contribution >= 0.6 is 15.6 Å². The van der Waals surface area contributed by atoms with Gasteiger partial charge in [-0.2, -0.15) is 0 Å². The summed E-state index contributed by atoms with van der Waals surface area (Å²) in [4.78, 5) is 72.6. The van der Waals surface area contributed by atoms with Crippen molar-refractivity contribution in [1.29, 1.82) is 0 Å². The summed E-state index contributed by atoms with van der Waals surface area (Å²) in [6.07, 6.45) is 45.7. The summed E-state index contributed by atoms with van der Waals surface area (Å²) in [6, 6.07) is 0. The monoisotopic (exact) mass is 1320 g/mol. The lowest BCUT2D eigenvalue weighted by atomic mass is 10.00. The van der Waals surface area contributed by atoms with Crippen LogP contribution < -0.4 is 0 Å². The Morgan fingerprint density at radius 2 is 0.567 bits per heavy atom. The molecule has 0 aromatic heterocycles. The second kappa shape index (κ2) is 61.9. The second-order valence-corrected chi connectivity index (χ2v) is 29.7. The molecule has 0 spiro atoms. The van der Waals surface area contributed by atoms with Crippen LogP contribution in [0.15, 0.2) is 0 Å². The van der Waals surface area contributed by atoms with Crippen LogP contribution in [0.4, 0.5) is 0 Å². The van der Waals surface area contributed by atoms with Crippen molar-refractivity contribution >= 4 is 39.5 Å². The molecule has 0 saturated heterocycles. The average molecular weight is 1330 g/mol. The molecule has 90 heavy (non-hydrogen) atoms. The molecule has 6 atom stereocenters. The first-order chi connectivity index (χ1) is 43.3. The molecule has 0 aliphatic carbocycles. The number of unbranched alkanes of at least 4 members (excludes halogenated alkanes) is 36. The lowest BCUT2D eigenvalue weighted by Gasteiger charge is -2.21. The van der Waals surface area contributed by atoms with E-state index in [9.17, 15) is 43.2 Å². The third kappa shape index (κ3) is 63.5. The molecule has 0 bridgehead atoms. The topological polar surface area (TPSA) is 237 Å². The predicted molar refractivity (Wildman–Crippen MR) is 363 cm³/mol. The highest BCUT2D eigenvalue weighted by Crippen LogP contribution is 2.45. The number of carbonyl (C=O) groups is 4. The largest absolute Gasteiger partial charge is 0.472 e. The van der Waals surface area contributed by atoms with Crippen molar-refractivity contribution in [2.45, 2.75) is 375 Å². The van der Waals surface area contributed by atoms with Gasteiger partial charge in [-0.1, -0.05) is 305 Å². The minimum absolute atomic E-state index is 0.106. The van der Waals surface area contributed by atoms with E-state index in [1.165, 1.54) is 161 Å². The minimum atomic E-state index is -4.95. The smallest absolute Gasteiger partial charge is 0.462 e. The molecular formula is C71H138O17P2.